The standard InChI is InChI=1S/C47H72N6O4/c1-30(48)33-12-14-34(15-13-33)42(51-20-18-47(19-21-51)28-53(29-47)44(55)57-46(6,7)8)25-36-24-39(36)40-23-35(16-17-38(40)31(2)49)41(22-32-10-11-32)50(9)37-26-52(27-37)43(54)56-45(3,4)5/h12-17,23,30-32,36-37,39,41-42H,10-11,18-22,24-29,48-49H2,1-9H3/t30-,31-,36?,39?,41?,42?/m0/s1. The molecule has 4 unspecified atom stereocenters. The summed E-state index contributed by atoms with van der Waals surface area (Å²) in [6.07, 6.45) is 7.84. The van der Waals surface area contributed by atoms with E-state index in [0.29, 0.717) is 43.1 Å². The van der Waals surface area contributed by atoms with Gasteiger partial charge >= 0.3 is 12.2 Å². The van der Waals surface area contributed by atoms with Crippen LogP contribution in [0.25, 0.3) is 0 Å². The molecule has 314 valence electrons. The van der Waals surface area contributed by atoms with Crippen LogP contribution in [0.1, 0.15) is 158 Å². The van der Waals surface area contributed by atoms with Crippen LogP contribution in [0.5, 0.6) is 0 Å². The molecule has 5 fully saturated rings. The second-order valence-electron chi connectivity index (χ2n) is 20.8. The Bertz CT molecular complexity index is 1720. The number of hydrogen-bond donors (Lipinski definition) is 2. The molecule has 0 radical (unpaired) electrons. The third-order valence-corrected chi connectivity index (χ3v) is 13.5. The van der Waals surface area contributed by atoms with Gasteiger partial charge in [-0.1, -0.05) is 55.3 Å². The molecule has 10 heteroatoms. The van der Waals surface area contributed by atoms with Crippen LogP contribution < -0.4 is 11.5 Å². The van der Waals surface area contributed by atoms with Gasteiger partial charge in [0.15, 0.2) is 0 Å². The smallest absolute Gasteiger partial charge is 0.410 e. The van der Waals surface area contributed by atoms with Gasteiger partial charge < -0.3 is 30.7 Å². The van der Waals surface area contributed by atoms with Crippen LogP contribution >= 0.6 is 0 Å². The number of piperidine rings is 1. The van der Waals surface area contributed by atoms with Gasteiger partial charge in [0.2, 0.25) is 0 Å². The maximum atomic E-state index is 12.8. The zero-order chi connectivity index (χ0) is 41.0. The summed E-state index contributed by atoms with van der Waals surface area (Å²) in [5, 5.41) is 0. The minimum atomic E-state index is -0.491. The molecule has 10 nitrogen and oxygen atoms in total. The number of likely N-dealkylation sites (tertiary alicyclic amines) is 3. The molecule has 2 aromatic rings. The van der Waals surface area contributed by atoms with E-state index >= 15 is 0 Å². The van der Waals surface area contributed by atoms with Crippen molar-refractivity contribution in [1.29, 1.82) is 0 Å². The fourth-order valence-corrected chi connectivity index (χ4v) is 9.72. The van der Waals surface area contributed by atoms with Gasteiger partial charge in [-0.3, -0.25) is 9.80 Å². The Morgan fingerprint density at radius 3 is 1.91 bits per heavy atom. The van der Waals surface area contributed by atoms with E-state index in [0.717, 1.165) is 57.8 Å². The number of hydrogen-bond acceptors (Lipinski definition) is 8. The normalized spacial score (nSPS) is 24.7. The van der Waals surface area contributed by atoms with E-state index in [1.54, 1.807) is 0 Å². The summed E-state index contributed by atoms with van der Waals surface area (Å²) in [7, 11) is 2.26. The Kier molecular flexibility index (Phi) is 11.9. The predicted octanol–water partition coefficient (Wildman–Crippen LogP) is 8.69. The van der Waals surface area contributed by atoms with Crippen molar-refractivity contribution in [3.63, 3.8) is 0 Å². The van der Waals surface area contributed by atoms with Gasteiger partial charge in [-0.05, 0) is 153 Å². The highest BCUT2D eigenvalue weighted by Crippen LogP contribution is 2.55. The molecule has 2 saturated carbocycles. The summed E-state index contributed by atoms with van der Waals surface area (Å²) in [6.45, 7) is 20.8. The lowest BCUT2D eigenvalue weighted by Crippen LogP contribution is -2.62. The van der Waals surface area contributed by atoms with E-state index in [2.05, 4.69) is 66.2 Å². The van der Waals surface area contributed by atoms with Crippen molar-refractivity contribution >= 4 is 12.2 Å². The van der Waals surface area contributed by atoms with E-state index in [1.165, 1.54) is 47.1 Å². The molecule has 6 atom stereocenters. The molecule has 1 spiro atoms. The van der Waals surface area contributed by atoms with E-state index in [4.69, 9.17) is 20.9 Å². The number of rotatable bonds is 12. The maximum Gasteiger partial charge on any atom is 0.410 e. The van der Waals surface area contributed by atoms with E-state index in [9.17, 15) is 9.59 Å². The van der Waals surface area contributed by atoms with Crippen LogP contribution in [0, 0.1) is 17.3 Å². The molecule has 0 bridgehead atoms. The Labute approximate surface area is 343 Å². The first-order valence-corrected chi connectivity index (χ1v) is 21.9. The van der Waals surface area contributed by atoms with Gasteiger partial charge in [-0.25, -0.2) is 9.59 Å². The quantitative estimate of drug-likeness (QED) is 0.220. The second-order valence-corrected chi connectivity index (χ2v) is 20.8. The molecular weight excluding hydrogens is 713 g/mol. The topological polar surface area (TPSA) is 118 Å². The maximum absolute atomic E-state index is 12.8. The molecule has 7 rings (SSSR count). The molecule has 2 aliphatic carbocycles. The van der Waals surface area contributed by atoms with Crippen LogP contribution in [-0.2, 0) is 9.47 Å². The summed E-state index contributed by atoms with van der Waals surface area (Å²) < 4.78 is 11.3. The van der Waals surface area contributed by atoms with Crippen LogP contribution in [0.15, 0.2) is 42.5 Å². The Morgan fingerprint density at radius 1 is 0.807 bits per heavy atom. The van der Waals surface area contributed by atoms with Crippen LogP contribution in [0.4, 0.5) is 9.59 Å². The van der Waals surface area contributed by atoms with Gasteiger partial charge in [-0.2, -0.15) is 0 Å². The van der Waals surface area contributed by atoms with E-state index in [1.807, 2.05) is 58.3 Å². The number of carbonyl (C=O) groups excluding carboxylic acids is 2. The molecular formula is C47H72N6O4. The summed E-state index contributed by atoms with van der Waals surface area (Å²) in [6, 6.07) is 17.1. The molecule has 3 heterocycles. The molecule has 0 aromatic heterocycles. The van der Waals surface area contributed by atoms with Crippen molar-refractivity contribution in [3.8, 4) is 0 Å². The van der Waals surface area contributed by atoms with Gasteiger partial charge in [0.1, 0.15) is 11.2 Å². The molecule has 3 aliphatic heterocycles. The SMILES string of the molecule is C[C@H](N)c1ccc(C(CC2CC2c2cc(C(CC3CC3)N(C)C3CN(C(=O)OC(C)(C)C)C3)ccc2[C@H](C)N)N2CCC3(CC2)CN(C(=O)OC(C)(C)C)C3)cc1. The first kappa shape index (κ1) is 42.0. The number of carbonyl (C=O) groups is 2. The molecule has 4 N–H and O–H groups in total. The summed E-state index contributed by atoms with van der Waals surface area (Å²) in [5.74, 6) is 1.83. The fraction of sp³-hybridized carbons (Fsp3) is 0.702. The third kappa shape index (κ3) is 10.00. The molecule has 2 aromatic carbocycles. The highest BCUT2D eigenvalue weighted by Gasteiger charge is 2.50. The number of benzene rings is 2. The minimum absolute atomic E-state index is 0.00614. The molecule has 3 saturated heterocycles. The number of likely N-dealkylation sites (N-methyl/N-ethyl adjacent to an activating group) is 1. The van der Waals surface area contributed by atoms with Crippen molar-refractivity contribution in [3.05, 3.63) is 70.3 Å². The lowest BCUT2D eigenvalue weighted by atomic mass is 9.71. The number of nitrogens with zero attached hydrogens (tertiary/aromatic N) is 4. The van der Waals surface area contributed by atoms with Crippen LogP contribution in [-0.4, -0.2) is 95.3 Å². The van der Waals surface area contributed by atoms with Gasteiger partial charge in [0.05, 0.1) is 0 Å². The van der Waals surface area contributed by atoms with E-state index in [-0.39, 0.29) is 29.7 Å². The van der Waals surface area contributed by atoms with E-state index < -0.39 is 11.2 Å². The Hall–Kier alpha value is -3.18. The van der Waals surface area contributed by atoms with Gasteiger partial charge in [0.25, 0.3) is 0 Å². The van der Waals surface area contributed by atoms with Crippen molar-refractivity contribution < 1.29 is 19.1 Å². The Morgan fingerprint density at radius 2 is 1.37 bits per heavy atom. The molecule has 5 aliphatic rings. The third-order valence-electron chi connectivity index (χ3n) is 13.5. The van der Waals surface area contributed by atoms with Crippen LogP contribution in [0.3, 0.4) is 0 Å². The van der Waals surface area contributed by atoms with Gasteiger partial charge in [-0.15, -0.1) is 0 Å². The first-order chi connectivity index (χ1) is 26.8. The van der Waals surface area contributed by atoms with Gasteiger partial charge in [0, 0.05) is 61.8 Å². The largest absolute Gasteiger partial charge is 0.444 e. The minimum Gasteiger partial charge on any atom is -0.444 e. The Balaban J connectivity index is 1.06. The first-order valence-electron chi connectivity index (χ1n) is 21.9. The average Bonchev–Trinajstić information content (AvgIpc) is 4.03. The van der Waals surface area contributed by atoms with Crippen molar-refractivity contribution in [2.75, 3.05) is 46.3 Å². The summed E-state index contributed by atoms with van der Waals surface area (Å²) >= 11 is 0. The number of amides is 2. The highest BCUT2D eigenvalue weighted by atomic mass is 16.6. The molecule has 2 amide bonds. The van der Waals surface area contributed by atoms with Crippen molar-refractivity contribution in [2.45, 2.75) is 148 Å². The van der Waals surface area contributed by atoms with Crippen LogP contribution in [0.2, 0.25) is 0 Å². The monoisotopic (exact) mass is 785 g/mol. The van der Waals surface area contributed by atoms with Crippen molar-refractivity contribution in [1.82, 2.24) is 19.6 Å². The average molecular weight is 785 g/mol. The summed E-state index contributed by atoms with van der Waals surface area (Å²) in [5.41, 5.74) is 18.9. The fourth-order valence-electron chi connectivity index (χ4n) is 9.72. The lowest BCUT2D eigenvalue weighted by molar-refractivity contribution is -0.0647. The zero-order valence-corrected chi connectivity index (χ0v) is 36.4. The predicted molar refractivity (Wildman–Crippen MR) is 227 cm³/mol. The van der Waals surface area contributed by atoms with Crippen molar-refractivity contribution in [2.24, 2.45) is 28.7 Å². The second kappa shape index (κ2) is 16.1. The number of ether oxygens (including phenoxy) is 2. The molecule has 57 heavy (non-hydrogen) atoms. The highest BCUT2D eigenvalue weighted by molar-refractivity contribution is 5.70. The number of nitrogens with two attached hydrogens (primary N) is 2. The zero-order valence-electron chi connectivity index (χ0n) is 36.4. The summed E-state index contributed by atoms with van der Waals surface area (Å²) in [4.78, 5) is 34.5. The lowest BCUT2D eigenvalue weighted by Gasteiger charge is -2.54.